The molecule has 25 heavy (non-hydrogen) atoms. The first-order valence-corrected chi connectivity index (χ1v) is 9.14. The summed E-state index contributed by atoms with van der Waals surface area (Å²) < 4.78 is 0. The highest BCUT2D eigenvalue weighted by atomic mass is 79.9. The van der Waals surface area contributed by atoms with Gasteiger partial charge < -0.3 is 14.9 Å². The van der Waals surface area contributed by atoms with Crippen LogP contribution in [0.25, 0.3) is 10.9 Å². The van der Waals surface area contributed by atoms with Crippen molar-refractivity contribution < 1.29 is 9.94 Å². The van der Waals surface area contributed by atoms with Crippen LogP contribution >= 0.6 is 27.5 Å². The molecular weight excluding hydrogens is 406 g/mol. The molecule has 0 bridgehead atoms. The lowest BCUT2D eigenvalue weighted by Gasteiger charge is -2.04. The van der Waals surface area contributed by atoms with E-state index in [9.17, 15) is 5.11 Å². The number of aromatic hydroxyl groups is 1. The number of aliphatic imine (C=N–C) groups is 1. The summed E-state index contributed by atoms with van der Waals surface area (Å²) in [7, 11) is 0. The molecule has 0 radical (unpaired) electrons. The number of fused-ring (bicyclic) bond motifs is 2. The number of nitrogens with zero attached hydrogens (tertiary/aromatic N) is 2. The van der Waals surface area contributed by atoms with Crippen LogP contribution in [0.4, 0.5) is 5.69 Å². The molecule has 0 fully saturated rings. The van der Waals surface area contributed by atoms with Crippen LogP contribution in [0.15, 0.2) is 52.6 Å². The van der Waals surface area contributed by atoms with Gasteiger partial charge in [0.05, 0.1) is 11.3 Å². The lowest BCUT2D eigenvalue weighted by atomic mass is 10.0. The first-order chi connectivity index (χ1) is 12.2. The van der Waals surface area contributed by atoms with E-state index in [4.69, 9.17) is 16.4 Å². The van der Waals surface area contributed by atoms with Crippen LogP contribution in [0, 0.1) is 0 Å². The van der Waals surface area contributed by atoms with Gasteiger partial charge in [-0.05, 0) is 24.3 Å². The number of H-pyrrole nitrogens is 1. The summed E-state index contributed by atoms with van der Waals surface area (Å²) in [5.41, 5.74) is 4.14. The fraction of sp³-hybridized carbons (Fsp3) is 0.111. The van der Waals surface area contributed by atoms with Crippen LogP contribution < -0.4 is 0 Å². The Bertz CT molecular complexity index is 1030. The van der Waals surface area contributed by atoms with E-state index in [0.717, 1.165) is 22.2 Å². The SMILES string of the molecule is Oc1[nH]c2ccc(Cl)cc2c1C1=Nc2ccccc2/C1=N\OCCBr. The van der Waals surface area contributed by atoms with Gasteiger partial charge >= 0.3 is 0 Å². The van der Waals surface area contributed by atoms with Crippen LogP contribution in [0.1, 0.15) is 11.1 Å². The number of alkyl halides is 1. The summed E-state index contributed by atoms with van der Waals surface area (Å²) in [6.07, 6.45) is 0. The zero-order valence-electron chi connectivity index (χ0n) is 13.0. The number of rotatable bonds is 4. The van der Waals surface area contributed by atoms with E-state index >= 15 is 0 Å². The Labute approximate surface area is 157 Å². The molecule has 1 aliphatic rings. The van der Waals surface area contributed by atoms with Crippen LogP contribution in [0.2, 0.25) is 5.02 Å². The van der Waals surface area contributed by atoms with Crippen LogP contribution in [0.3, 0.4) is 0 Å². The van der Waals surface area contributed by atoms with Gasteiger partial charge in [-0.15, -0.1) is 0 Å². The fourth-order valence-electron chi connectivity index (χ4n) is 2.87. The molecule has 0 atom stereocenters. The number of aromatic amines is 1. The summed E-state index contributed by atoms with van der Waals surface area (Å²) in [6, 6.07) is 13.1. The summed E-state index contributed by atoms with van der Waals surface area (Å²) in [5, 5.41) is 16.8. The molecular formula is C18H13BrClN3O2. The van der Waals surface area contributed by atoms with E-state index in [1.54, 1.807) is 12.1 Å². The van der Waals surface area contributed by atoms with Crippen LogP contribution in [0.5, 0.6) is 5.88 Å². The fourth-order valence-corrected chi connectivity index (χ4v) is 3.19. The number of halogens is 2. The summed E-state index contributed by atoms with van der Waals surface area (Å²) in [6.45, 7) is 0.435. The molecule has 3 aromatic rings. The van der Waals surface area contributed by atoms with Gasteiger partial charge in [-0.3, -0.25) is 0 Å². The predicted octanol–water partition coefficient (Wildman–Crippen LogP) is 4.78. The number of nitrogens with one attached hydrogen (secondary N) is 1. The number of benzene rings is 2. The Morgan fingerprint density at radius 3 is 2.92 bits per heavy atom. The summed E-state index contributed by atoms with van der Waals surface area (Å²) >= 11 is 9.45. The molecule has 1 aliphatic heterocycles. The molecule has 0 saturated heterocycles. The zero-order valence-corrected chi connectivity index (χ0v) is 15.3. The molecule has 2 heterocycles. The van der Waals surface area contributed by atoms with Crippen molar-refractivity contribution in [3.05, 3.63) is 58.6 Å². The van der Waals surface area contributed by atoms with E-state index in [0.29, 0.717) is 33.9 Å². The van der Waals surface area contributed by atoms with E-state index < -0.39 is 0 Å². The van der Waals surface area contributed by atoms with Gasteiger partial charge in [-0.2, -0.15) is 0 Å². The van der Waals surface area contributed by atoms with E-state index in [1.807, 2.05) is 30.3 Å². The molecule has 0 amide bonds. The molecule has 2 aromatic carbocycles. The smallest absolute Gasteiger partial charge is 0.199 e. The van der Waals surface area contributed by atoms with Crippen LogP contribution in [-0.4, -0.2) is 33.5 Å². The Kier molecular flexibility index (Phi) is 4.23. The maximum atomic E-state index is 10.5. The van der Waals surface area contributed by atoms with Gasteiger partial charge in [0.2, 0.25) is 0 Å². The van der Waals surface area contributed by atoms with E-state index in [1.165, 1.54) is 0 Å². The molecule has 7 heteroatoms. The van der Waals surface area contributed by atoms with Gasteiger partial charge in [-0.1, -0.05) is 50.9 Å². The Morgan fingerprint density at radius 2 is 2.08 bits per heavy atom. The third kappa shape index (κ3) is 2.81. The normalized spacial score (nSPS) is 14.8. The minimum Gasteiger partial charge on any atom is -0.494 e. The average molecular weight is 419 g/mol. The Morgan fingerprint density at radius 1 is 1.24 bits per heavy atom. The Hall–Kier alpha value is -2.31. The second-order valence-electron chi connectivity index (χ2n) is 5.48. The largest absolute Gasteiger partial charge is 0.494 e. The highest BCUT2D eigenvalue weighted by molar-refractivity contribution is 9.09. The zero-order chi connectivity index (χ0) is 17.4. The van der Waals surface area contributed by atoms with E-state index in [2.05, 4.69) is 31.1 Å². The van der Waals surface area contributed by atoms with Crippen molar-refractivity contribution in [3.63, 3.8) is 0 Å². The van der Waals surface area contributed by atoms with Gasteiger partial charge in [0.15, 0.2) is 5.88 Å². The van der Waals surface area contributed by atoms with Crippen molar-refractivity contribution in [2.24, 2.45) is 10.1 Å². The lowest BCUT2D eigenvalue weighted by molar-refractivity contribution is 0.163. The summed E-state index contributed by atoms with van der Waals surface area (Å²) in [5.74, 6) is 0.0250. The molecule has 4 rings (SSSR count). The quantitative estimate of drug-likeness (QED) is 0.364. The van der Waals surface area contributed by atoms with Crippen molar-refractivity contribution in [2.45, 2.75) is 0 Å². The number of hydrogen-bond acceptors (Lipinski definition) is 4. The monoisotopic (exact) mass is 417 g/mol. The van der Waals surface area contributed by atoms with Crippen molar-refractivity contribution in [1.82, 2.24) is 4.98 Å². The van der Waals surface area contributed by atoms with Gasteiger partial charge in [-0.25, -0.2) is 4.99 Å². The average Bonchev–Trinajstić information content (AvgIpc) is 3.11. The number of aromatic nitrogens is 1. The molecule has 2 N–H and O–H groups in total. The third-order valence-corrected chi connectivity index (χ3v) is 4.48. The minimum atomic E-state index is 0.0250. The molecule has 1 aromatic heterocycles. The molecule has 126 valence electrons. The van der Waals surface area contributed by atoms with Crippen molar-refractivity contribution in [3.8, 4) is 5.88 Å². The van der Waals surface area contributed by atoms with E-state index in [-0.39, 0.29) is 5.88 Å². The number of oxime groups is 1. The second kappa shape index (κ2) is 6.54. The standard InChI is InChI=1S/C18H13BrClN3O2/c19-7-8-25-23-16-11-3-1-2-4-13(11)21-17(16)15-12-9-10(20)5-6-14(12)22-18(15)24/h1-6,9,22,24H,7-8H2/b23-16+. The minimum absolute atomic E-state index is 0.0250. The molecule has 0 unspecified atom stereocenters. The summed E-state index contributed by atoms with van der Waals surface area (Å²) in [4.78, 5) is 13.0. The molecule has 5 nitrogen and oxygen atoms in total. The Balaban J connectivity index is 1.91. The lowest BCUT2D eigenvalue weighted by Crippen LogP contribution is -2.13. The number of hydrogen-bond donors (Lipinski definition) is 2. The molecule has 0 saturated carbocycles. The van der Waals surface area contributed by atoms with Gasteiger partial charge in [0.25, 0.3) is 0 Å². The molecule has 0 aliphatic carbocycles. The highest BCUT2D eigenvalue weighted by Gasteiger charge is 2.29. The van der Waals surface area contributed by atoms with Crippen LogP contribution in [-0.2, 0) is 4.84 Å². The van der Waals surface area contributed by atoms with Crippen molar-refractivity contribution >= 4 is 55.5 Å². The highest BCUT2D eigenvalue weighted by Crippen LogP contribution is 2.36. The van der Waals surface area contributed by atoms with Crippen molar-refractivity contribution in [2.75, 3.05) is 11.9 Å². The predicted molar refractivity (Wildman–Crippen MR) is 104 cm³/mol. The second-order valence-corrected chi connectivity index (χ2v) is 6.71. The first kappa shape index (κ1) is 16.2. The maximum Gasteiger partial charge on any atom is 0.199 e. The topological polar surface area (TPSA) is 70.0 Å². The van der Waals surface area contributed by atoms with Gasteiger partial charge in [0.1, 0.15) is 18.0 Å². The number of para-hydroxylation sites is 1. The molecule has 0 spiro atoms. The third-order valence-electron chi connectivity index (χ3n) is 3.92. The van der Waals surface area contributed by atoms with Gasteiger partial charge in [0, 0.05) is 26.8 Å². The maximum absolute atomic E-state index is 10.5. The first-order valence-electron chi connectivity index (χ1n) is 7.64. The van der Waals surface area contributed by atoms with Crippen molar-refractivity contribution in [1.29, 1.82) is 0 Å².